The van der Waals surface area contributed by atoms with E-state index in [0.29, 0.717) is 25.1 Å². The lowest BCUT2D eigenvalue weighted by molar-refractivity contribution is -0.147. The number of anilines is 1. The van der Waals surface area contributed by atoms with Gasteiger partial charge in [0.2, 0.25) is 11.8 Å². The van der Waals surface area contributed by atoms with E-state index in [4.69, 9.17) is 0 Å². The van der Waals surface area contributed by atoms with E-state index in [1.165, 1.54) is 13.8 Å². The summed E-state index contributed by atoms with van der Waals surface area (Å²) in [5, 5.41) is 2.38. The number of carbonyl (C=O) groups is 2. The first-order valence-corrected chi connectivity index (χ1v) is 7.77. The number of halogens is 2. The summed E-state index contributed by atoms with van der Waals surface area (Å²) in [6.07, 6.45) is 1.83. The Morgan fingerprint density at radius 1 is 1.22 bits per heavy atom. The van der Waals surface area contributed by atoms with Gasteiger partial charge in [-0.15, -0.1) is 0 Å². The Labute approximate surface area is 134 Å². The smallest absolute Gasteiger partial charge is 0.239 e. The first kappa shape index (κ1) is 17.4. The maximum Gasteiger partial charge on any atom is 0.239 e. The van der Waals surface area contributed by atoms with E-state index in [1.807, 2.05) is 0 Å². The molecular weight excluding hydrogens is 302 g/mol. The van der Waals surface area contributed by atoms with Crippen molar-refractivity contribution in [3.8, 4) is 0 Å². The summed E-state index contributed by atoms with van der Waals surface area (Å²) >= 11 is 0. The third-order valence-corrected chi connectivity index (χ3v) is 4.35. The van der Waals surface area contributed by atoms with Gasteiger partial charge in [-0.05, 0) is 44.7 Å². The maximum absolute atomic E-state index is 13.6. The number of hydrogen-bond donors (Lipinski definition) is 1. The number of nitrogens with one attached hydrogen (secondary N) is 1. The second-order valence-electron chi connectivity index (χ2n) is 6.68. The molecule has 1 N–H and O–H groups in total. The first-order chi connectivity index (χ1) is 10.7. The summed E-state index contributed by atoms with van der Waals surface area (Å²) in [7, 11) is 0. The van der Waals surface area contributed by atoms with Crippen LogP contribution in [-0.4, -0.2) is 29.8 Å². The van der Waals surface area contributed by atoms with Gasteiger partial charge < -0.3 is 10.2 Å². The number of nitrogens with zero attached hydrogens (tertiary/aromatic N) is 1. The minimum atomic E-state index is -1.32. The first-order valence-electron chi connectivity index (χ1n) is 7.77. The summed E-state index contributed by atoms with van der Waals surface area (Å²) in [6.45, 7) is 6.43. The zero-order chi connectivity index (χ0) is 17.2. The fourth-order valence-electron chi connectivity index (χ4n) is 2.57. The lowest BCUT2D eigenvalue weighted by Gasteiger charge is -2.35. The highest BCUT2D eigenvalue weighted by Gasteiger charge is 2.40. The fourth-order valence-corrected chi connectivity index (χ4v) is 2.57. The predicted molar refractivity (Wildman–Crippen MR) is 83.7 cm³/mol. The Morgan fingerprint density at radius 2 is 1.83 bits per heavy atom. The maximum atomic E-state index is 13.6. The van der Waals surface area contributed by atoms with Crippen LogP contribution in [0.1, 0.15) is 33.6 Å². The molecular formula is C17H22F2N2O2. The number of carbonyl (C=O) groups excluding carboxylic acids is 2. The van der Waals surface area contributed by atoms with E-state index in [1.54, 1.807) is 4.90 Å². The van der Waals surface area contributed by atoms with Gasteiger partial charge in [-0.1, -0.05) is 6.92 Å². The van der Waals surface area contributed by atoms with Crippen molar-refractivity contribution in [2.75, 3.05) is 18.4 Å². The van der Waals surface area contributed by atoms with Crippen molar-refractivity contribution in [1.82, 2.24) is 4.90 Å². The number of piperidine rings is 1. The Hall–Kier alpha value is -1.98. The van der Waals surface area contributed by atoms with Crippen molar-refractivity contribution in [1.29, 1.82) is 0 Å². The van der Waals surface area contributed by atoms with Crippen molar-refractivity contribution in [2.45, 2.75) is 33.6 Å². The molecule has 1 saturated heterocycles. The van der Waals surface area contributed by atoms with Crippen LogP contribution in [0.3, 0.4) is 0 Å². The van der Waals surface area contributed by atoms with E-state index in [0.717, 1.165) is 25.0 Å². The molecule has 2 amide bonds. The number of hydrogen-bond acceptors (Lipinski definition) is 2. The molecule has 1 aliphatic rings. The van der Waals surface area contributed by atoms with Crippen LogP contribution >= 0.6 is 0 Å². The Kier molecular flexibility index (Phi) is 5.02. The van der Waals surface area contributed by atoms with Gasteiger partial charge in [0.05, 0.1) is 5.69 Å². The van der Waals surface area contributed by atoms with Crippen LogP contribution in [0.15, 0.2) is 18.2 Å². The molecule has 126 valence electrons. The normalized spacial score (nSPS) is 16.3. The molecule has 0 bridgehead atoms. The second kappa shape index (κ2) is 6.64. The number of likely N-dealkylation sites (tertiary alicyclic amines) is 1. The zero-order valence-electron chi connectivity index (χ0n) is 13.7. The Morgan fingerprint density at radius 3 is 2.39 bits per heavy atom. The van der Waals surface area contributed by atoms with Gasteiger partial charge >= 0.3 is 0 Å². The molecule has 1 aromatic carbocycles. The van der Waals surface area contributed by atoms with Gasteiger partial charge in [-0.2, -0.15) is 0 Å². The number of amides is 2. The minimum absolute atomic E-state index is 0.135. The Bertz CT molecular complexity index is 609. The van der Waals surface area contributed by atoms with Gasteiger partial charge in [-0.25, -0.2) is 8.78 Å². The quantitative estimate of drug-likeness (QED) is 0.868. The summed E-state index contributed by atoms with van der Waals surface area (Å²) < 4.78 is 26.6. The van der Waals surface area contributed by atoms with Crippen molar-refractivity contribution >= 4 is 17.5 Å². The van der Waals surface area contributed by atoms with E-state index in [-0.39, 0.29) is 11.6 Å². The number of rotatable bonds is 3. The average Bonchev–Trinajstić information content (AvgIpc) is 2.50. The molecule has 23 heavy (non-hydrogen) atoms. The SMILES string of the molecule is CC1CCN(C(=O)C(C)(C)C(=O)Nc2ccc(F)cc2F)CC1. The second-order valence-corrected chi connectivity index (χ2v) is 6.68. The van der Waals surface area contributed by atoms with E-state index < -0.39 is 23.0 Å². The molecule has 1 heterocycles. The van der Waals surface area contributed by atoms with Crippen LogP contribution in [0.2, 0.25) is 0 Å². The molecule has 0 aliphatic carbocycles. The molecule has 2 rings (SSSR count). The largest absolute Gasteiger partial charge is 0.342 e. The fraction of sp³-hybridized carbons (Fsp3) is 0.529. The van der Waals surface area contributed by atoms with Crippen LogP contribution < -0.4 is 5.32 Å². The van der Waals surface area contributed by atoms with Crippen molar-refractivity contribution in [3.63, 3.8) is 0 Å². The van der Waals surface area contributed by atoms with Crippen LogP contribution in [0.5, 0.6) is 0 Å². The van der Waals surface area contributed by atoms with Gasteiger partial charge in [0.1, 0.15) is 17.0 Å². The van der Waals surface area contributed by atoms with E-state index in [2.05, 4.69) is 12.2 Å². The van der Waals surface area contributed by atoms with Crippen LogP contribution in [0.4, 0.5) is 14.5 Å². The highest BCUT2D eigenvalue weighted by molar-refractivity contribution is 6.09. The monoisotopic (exact) mass is 324 g/mol. The van der Waals surface area contributed by atoms with Gasteiger partial charge in [0.25, 0.3) is 0 Å². The topological polar surface area (TPSA) is 49.4 Å². The molecule has 0 aromatic heterocycles. The van der Waals surface area contributed by atoms with E-state index in [9.17, 15) is 18.4 Å². The van der Waals surface area contributed by atoms with Crippen molar-refractivity contribution in [3.05, 3.63) is 29.8 Å². The summed E-state index contributed by atoms with van der Waals surface area (Å²) in [6, 6.07) is 2.89. The molecule has 1 fully saturated rings. The van der Waals surface area contributed by atoms with Crippen LogP contribution in [0.25, 0.3) is 0 Å². The summed E-state index contributed by atoms with van der Waals surface area (Å²) in [5.41, 5.74) is -1.45. The van der Waals surface area contributed by atoms with Crippen LogP contribution in [0, 0.1) is 23.0 Å². The van der Waals surface area contributed by atoms with E-state index >= 15 is 0 Å². The molecule has 0 saturated carbocycles. The average molecular weight is 324 g/mol. The lowest BCUT2D eigenvalue weighted by Crippen LogP contribution is -2.49. The van der Waals surface area contributed by atoms with Gasteiger partial charge in [0, 0.05) is 19.2 Å². The zero-order valence-corrected chi connectivity index (χ0v) is 13.7. The molecule has 1 aromatic rings. The summed E-state index contributed by atoms with van der Waals surface area (Å²) in [5.74, 6) is -1.90. The Balaban J connectivity index is 2.08. The standard InChI is InChI=1S/C17H22F2N2O2/c1-11-6-8-21(9-7-11)16(23)17(2,3)15(22)20-14-5-4-12(18)10-13(14)19/h4-5,10-11H,6-9H2,1-3H3,(H,20,22). The predicted octanol–water partition coefficient (Wildman–Crippen LogP) is 3.19. The summed E-state index contributed by atoms with van der Waals surface area (Å²) in [4.78, 5) is 26.7. The third kappa shape index (κ3) is 3.86. The molecule has 0 radical (unpaired) electrons. The van der Waals surface area contributed by atoms with Gasteiger partial charge in [-0.3, -0.25) is 9.59 Å². The van der Waals surface area contributed by atoms with Crippen molar-refractivity contribution < 1.29 is 18.4 Å². The molecule has 0 spiro atoms. The van der Waals surface area contributed by atoms with Gasteiger partial charge in [0.15, 0.2) is 0 Å². The van der Waals surface area contributed by atoms with Crippen LogP contribution in [-0.2, 0) is 9.59 Å². The third-order valence-electron chi connectivity index (χ3n) is 4.35. The highest BCUT2D eigenvalue weighted by Crippen LogP contribution is 2.26. The molecule has 6 heteroatoms. The number of benzene rings is 1. The molecule has 1 aliphatic heterocycles. The highest BCUT2D eigenvalue weighted by atomic mass is 19.1. The molecule has 0 atom stereocenters. The minimum Gasteiger partial charge on any atom is -0.342 e. The van der Waals surface area contributed by atoms with Crippen molar-refractivity contribution in [2.24, 2.45) is 11.3 Å². The molecule has 0 unspecified atom stereocenters. The molecule has 4 nitrogen and oxygen atoms in total. The lowest BCUT2D eigenvalue weighted by atomic mass is 9.88.